The first-order chi connectivity index (χ1) is 5.38. The van der Waals surface area contributed by atoms with Gasteiger partial charge in [0.05, 0.1) is 0 Å². The maximum absolute atomic E-state index is 5.02. The molecule has 11 heavy (non-hydrogen) atoms. The van der Waals surface area contributed by atoms with Crippen LogP contribution in [0.5, 0.6) is 5.75 Å². The molecular weight excluding hydrogens is 140 g/mol. The molecular formula is C8H10N2O. The average molecular weight is 150 g/mol. The lowest BCUT2D eigenvalue weighted by molar-refractivity contribution is 0.334. The largest absolute Gasteiger partial charge is 0.411 e. The van der Waals surface area contributed by atoms with Gasteiger partial charge in [0.15, 0.2) is 5.75 Å². The molecule has 0 aliphatic rings. The topological polar surface area (TPSA) is 47.6 Å². The smallest absolute Gasteiger partial charge is 0.155 e. The predicted molar refractivity (Wildman–Crippen MR) is 44.8 cm³/mol. The summed E-state index contributed by atoms with van der Waals surface area (Å²) in [6, 6.07) is 7.43. The summed E-state index contributed by atoms with van der Waals surface area (Å²) in [5, 5.41) is 0. The van der Waals surface area contributed by atoms with Gasteiger partial charge in [0.1, 0.15) is 0 Å². The molecule has 1 aromatic carbocycles. The minimum absolute atomic E-state index is 0.637. The van der Waals surface area contributed by atoms with Crippen LogP contribution in [0.4, 0.5) is 0 Å². The molecule has 0 aliphatic carbocycles. The summed E-state index contributed by atoms with van der Waals surface area (Å²) in [6.07, 6.45) is 1.70. The van der Waals surface area contributed by atoms with E-state index in [1.54, 1.807) is 19.3 Å². The van der Waals surface area contributed by atoms with Crippen molar-refractivity contribution in [3.63, 3.8) is 0 Å². The third-order valence-corrected chi connectivity index (χ3v) is 1.31. The summed E-state index contributed by atoms with van der Waals surface area (Å²) in [5.41, 5.74) is 0.887. The van der Waals surface area contributed by atoms with Crippen LogP contribution >= 0.6 is 0 Å². The molecule has 0 aliphatic heterocycles. The van der Waals surface area contributed by atoms with Crippen LogP contribution < -0.4 is 10.7 Å². The van der Waals surface area contributed by atoms with E-state index in [0.717, 1.165) is 5.56 Å². The fraction of sp³-hybridized carbons (Fsp3) is 0.125. The second kappa shape index (κ2) is 3.73. The van der Waals surface area contributed by atoms with Gasteiger partial charge in [0.2, 0.25) is 0 Å². The molecule has 0 saturated carbocycles. The summed E-state index contributed by atoms with van der Waals surface area (Å²) in [6.45, 7) is 0. The van der Waals surface area contributed by atoms with Gasteiger partial charge in [-0.3, -0.25) is 4.99 Å². The van der Waals surface area contributed by atoms with Crippen LogP contribution in [-0.2, 0) is 0 Å². The van der Waals surface area contributed by atoms with Crippen LogP contribution in [-0.4, -0.2) is 13.3 Å². The van der Waals surface area contributed by atoms with Crippen molar-refractivity contribution in [3.8, 4) is 5.75 Å². The average Bonchev–Trinajstić information content (AvgIpc) is 2.06. The lowest BCUT2D eigenvalue weighted by atomic mass is 10.2. The van der Waals surface area contributed by atoms with Crippen LogP contribution in [0, 0.1) is 0 Å². The monoisotopic (exact) mass is 150 g/mol. The van der Waals surface area contributed by atoms with Gasteiger partial charge in [0, 0.05) is 18.8 Å². The predicted octanol–water partition coefficient (Wildman–Crippen LogP) is 0.988. The molecule has 2 N–H and O–H groups in total. The van der Waals surface area contributed by atoms with E-state index in [9.17, 15) is 0 Å². The number of benzene rings is 1. The number of nitrogens with two attached hydrogens (primary N) is 1. The van der Waals surface area contributed by atoms with Crippen LogP contribution in [0.2, 0.25) is 0 Å². The first kappa shape index (κ1) is 7.75. The minimum atomic E-state index is 0.637. The number of hydrogen-bond acceptors (Lipinski definition) is 3. The summed E-state index contributed by atoms with van der Waals surface area (Å²) < 4.78 is 0. The van der Waals surface area contributed by atoms with Crippen molar-refractivity contribution in [2.75, 3.05) is 7.05 Å². The Bertz CT molecular complexity index is 258. The number of aliphatic imine (C=N–C) groups is 1. The lowest BCUT2D eigenvalue weighted by Gasteiger charge is -2.00. The molecule has 1 aromatic rings. The van der Waals surface area contributed by atoms with E-state index in [2.05, 4.69) is 9.83 Å². The Balaban J connectivity index is 3.02. The molecule has 0 radical (unpaired) electrons. The van der Waals surface area contributed by atoms with Crippen molar-refractivity contribution < 1.29 is 4.84 Å². The number of para-hydroxylation sites is 1. The number of rotatable bonds is 2. The van der Waals surface area contributed by atoms with Gasteiger partial charge >= 0.3 is 0 Å². The van der Waals surface area contributed by atoms with E-state index in [1.165, 1.54) is 0 Å². The zero-order chi connectivity index (χ0) is 8.10. The van der Waals surface area contributed by atoms with E-state index < -0.39 is 0 Å². The normalized spacial score (nSPS) is 10.4. The highest BCUT2D eigenvalue weighted by molar-refractivity contribution is 5.83. The second-order valence-electron chi connectivity index (χ2n) is 2.04. The third kappa shape index (κ3) is 1.78. The molecule has 58 valence electrons. The van der Waals surface area contributed by atoms with Gasteiger partial charge in [-0.1, -0.05) is 12.1 Å². The minimum Gasteiger partial charge on any atom is -0.411 e. The van der Waals surface area contributed by atoms with Gasteiger partial charge in [-0.15, -0.1) is 0 Å². The SMILES string of the molecule is CN=Cc1ccccc1ON. The van der Waals surface area contributed by atoms with Crippen molar-refractivity contribution in [3.05, 3.63) is 29.8 Å². The molecule has 1 rings (SSSR count). The van der Waals surface area contributed by atoms with Crippen LogP contribution in [0.1, 0.15) is 5.56 Å². The number of hydrogen-bond donors (Lipinski definition) is 1. The fourth-order valence-electron chi connectivity index (χ4n) is 0.834. The van der Waals surface area contributed by atoms with Gasteiger partial charge < -0.3 is 4.84 Å². The summed E-state index contributed by atoms with van der Waals surface area (Å²) >= 11 is 0. The quantitative estimate of drug-likeness (QED) is 0.504. The Hall–Kier alpha value is -1.35. The molecule has 0 bridgehead atoms. The molecule has 3 heteroatoms. The lowest BCUT2D eigenvalue weighted by Crippen LogP contribution is -2.03. The Morgan fingerprint density at radius 3 is 2.82 bits per heavy atom. The Kier molecular flexibility index (Phi) is 2.63. The molecule has 0 atom stereocenters. The highest BCUT2D eigenvalue weighted by Gasteiger charge is 1.96. The van der Waals surface area contributed by atoms with E-state index >= 15 is 0 Å². The van der Waals surface area contributed by atoms with Gasteiger partial charge in [0.25, 0.3) is 0 Å². The first-order valence-corrected chi connectivity index (χ1v) is 3.26. The maximum Gasteiger partial charge on any atom is 0.155 e. The summed E-state index contributed by atoms with van der Waals surface area (Å²) in [7, 11) is 1.70. The summed E-state index contributed by atoms with van der Waals surface area (Å²) in [4.78, 5) is 8.46. The highest BCUT2D eigenvalue weighted by Crippen LogP contribution is 2.13. The number of nitrogens with zero attached hydrogens (tertiary/aromatic N) is 1. The fourth-order valence-corrected chi connectivity index (χ4v) is 0.834. The van der Waals surface area contributed by atoms with Gasteiger partial charge in [-0.05, 0) is 12.1 Å². The molecule has 0 amide bonds. The molecule has 0 saturated heterocycles. The zero-order valence-electron chi connectivity index (χ0n) is 6.32. The van der Waals surface area contributed by atoms with E-state index in [4.69, 9.17) is 5.90 Å². The van der Waals surface area contributed by atoms with Crippen LogP contribution in [0.25, 0.3) is 0 Å². The van der Waals surface area contributed by atoms with E-state index in [-0.39, 0.29) is 0 Å². The van der Waals surface area contributed by atoms with Crippen molar-refractivity contribution >= 4 is 6.21 Å². The molecule has 0 heterocycles. The molecule has 3 nitrogen and oxygen atoms in total. The van der Waals surface area contributed by atoms with Crippen molar-refractivity contribution in [2.24, 2.45) is 10.9 Å². The van der Waals surface area contributed by atoms with Crippen molar-refractivity contribution in [1.82, 2.24) is 0 Å². The highest BCUT2D eigenvalue weighted by atomic mass is 16.6. The summed E-state index contributed by atoms with van der Waals surface area (Å²) in [5.74, 6) is 5.66. The van der Waals surface area contributed by atoms with Gasteiger partial charge in [-0.25, -0.2) is 0 Å². The second-order valence-corrected chi connectivity index (χ2v) is 2.04. The Morgan fingerprint density at radius 2 is 2.18 bits per heavy atom. The van der Waals surface area contributed by atoms with E-state index in [1.807, 2.05) is 18.2 Å². The Labute approximate surface area is 65.5 Å². The van der Waals surface area contributed by atoms with Crippen molar-refractivity contribution in [1.29, 1.82) is 0 Å². The zero-order valence-corrected chi connectivity index (χ0v) is 6.32. The molecule has 0 unspecified atom stereocenters. The molecule has 0 spiro atoms. The van der Waals surface area contributed by atoms with Crippen LogP contribution in [0.15, 0.2) is 29.3 Å². The third-order valence-electron chi connectivity index (χ3n) is 1.31. The Morgan fingerprint density at radius 1 is 1.45 bits per heavy atom. The molecule has 0 aromatic heterocycles. The van der Waals surface area contributed by atoms with Crippen LogP contribution in [0.3, 0.4) is 0 Å². The first-order valence-electron chi connectivity index (χ1n) is 3.26. The van der Waals surface area contributed by atoms with Crippen molar-refractivity contribution in [2.45, 2.75) is 0 Å². The molecule has 0 fully saturated rings. The standard InChI is InChI=1S/C8H10N2O/c1-10-6-7-4-2-3-5-8(7)11-9/h2-6H,9H2,1H3. The van der Waals surface area contributed by atoms with E-state index in [0.29, 0.717) is 5.75 Å². The maximum atomic E-state index is 5.02. The van der Waals surface area contributed by atoms with Gasteiger partial charge in [-0.2, -0.15) is 5.90 Å².